The Morgan fingerprint density at radius 2 is 1.91 bits per heavy atom. The molecule has 1 fully saturated rings. The number of aromatic hydroxyl groups is 2. The molecule has 0 saturated heterocycles. The Hall–Kier alpha value is -3.33. The lowest BCUT2D eigenvalue weighted by atomic mass is 9.93. The van der Waals surface area contributed by atoms with Crippen molar-refractivity contribution < 1.29 is 15.3 Å². The van der Waals surface area contributed by atoms with Crippen molar-refractivity contribution in [3.63, 3.8) is 0 Å². The summed E-state index contributed by atoms with van der Waals surface area (Å²) in [5.74, 6) is 1.21. The zero-order valence-corrected chi connectivity index (χ0v) is 18.9. The van der Waals surface area contributed by atoms with Crippen LogP contribution in [0.5, 0.6) is 11.8 Å². The van der Waals surface area contributed by atoms with Crippen molar-refractivity contribution in [2.24, 2.45) is 0 Å². The van der Waals surface area contributed by atoms with Gasteiger partial charge in [-0.3, -0.25) is 9.97 Å². The average molecular weight is 453 g/mol. The van der Waals surface area contributed by atoms with Crippen molar-refractivity contribution in [3.05, 3.63) is 41.7 Å². The molecule has 3 aromatic rings. The Balaban J connectivity index is 1.54. The van der Waals surface area contributed by atoms with Gasteiger partial charge in [-0.25, -0.2) is 4.98 Å². The number of pyridine rings is 1. The number of unbranched alkanes of at least 4 members (excludes halogenated alkanes) is 1. The third kappa shape index (κ3) is 5.92. The molecule has 0 amide bonds. The van der Waals surface area contributed by atoms with Crippen LogP contribution in [0.1, 0.15) is 56.6 Å². The minimum atomic E-state index is -0.213. The fourth-order valence-electron chi connectivity index (χ4n) is 4.07. The van der Waals surface area contributed by atoms with Gasteiger partial charge in [0.25, 0.3) is 0 Å². The lowest BCUT2D eigenvalue weighted by Gasteiger charge is -2.27. The smallest absolute Gasteiger partial charge is 0.224 e. The van der Waals surface area contributed by atoms with E-state index in [0.717, 1.165) is 67.7 Å². The summed E-state index contributed by atoms with van der Waals surface area (Å²) in [7, 11) is 0. The molecule has 0 atom stereocenters. The number of H-pyrrole nitrogens is 1. The van der Waals surface area contributed by atoms with Crippen LogP contribution >= 0.6 is 0 Å². The van der Waals surface area contributed by atoms with E-state index in [1.165, 1.54) is 6.07 Å². The van der Waals surface area contributed by atoms with Crippen molar-refractivity contribution in [2.75, 3.05) is 17.2 Å². The topological polar surface area (TPSA) is 139 Å². The van der Waals surface area contributed by atoms with E-state index < -0.39 is 0 Å². The molecule has 0 aromatic carbocycles. The third-order valence-corrected chi connectivity index (χ3v) is 6.00. The van der Waals surface area contributed by atoms with Gasteiger partial charge in [0.2, 0.25) is 5.95 Å². The summed E-state index contributed by atoms with van der Waals surface area (Å²) < 4.78 is 0. The Morgan fingerprint density at radius 3 is 2.58 bits per heavy atom. The second-order valence-corrected chi connectivity index (χ2v) is 8.64. The predicted octanol–water partition coefficient (Wildman–Crippen LogP) is 3.80. The van der Waals surface area contributed by atoms with Crippen molar-refractivity contribution in [2.45, 2.75) is 64.0 Å². The van der Waals surface area contributed by atoms with Crippen LogP contribution in [0.3, 0.4) is 0 Å². The molecular formula is C24H32N6O3. The highest BCUT2D eigenvalue weighted by Crippen LogP contribution is 2.30. The first-order valence-electron chi connectivity index (χ1n) is 11.6. The Labute approximate surface area is 193 Å². The summed E-state index contributed by atoms with van der Waals surface area (Å²) in [6, 6.07) is 5.61. The molecule has 4 rings (SSSR count). The fourth-order valence-corrected chi connectivity index (χ4v) is 4.07. The third-order valence-electron chi connectivity index (χ3n) is 6.00. The number of nitrogens with one attached hydrogen (secondary N) is 3. The van der Waals surface area contributed by atoms with Crippen molar-refractivity contribution in [3.8, 4) is 23.0 Å². The standard InChI is InChI=1S/C24H32N6O3/c1-2-3-10-25-24-27-14-19(22(30-24)28-17-5-7-18(31)8-6-17)20-9-4-15(13-26-20)11-16-12-21(32)29-23(16)33/h4,9,12-14,17-18,29,31-33H,2-3,5-8,10-11H2,1H3,(H2,25,27,28,30). The first-order chi connectivity index (χ1) is 16.0. The molecular weight excluding hydrogens is 420 g/mol. The van der Waals surface area contributed by atoms with Gasteiger partial charge >= 0.3 is 0 Å². The average Bonchev–Trinajstić information content (AvgIpc) is 3.13. The van der Waals surface area contributed by atoms with Gasteiger partial charge in [0, 0.05) is 43.0 Å². The van der Waals surface area contributed by atoms with Crippen molar-refractivity contribution in [1.29, 1.82) is 0 Å². The van der Waals surface area contributed by atoms with Gasteiger partial charge in [-0.2, -0.15) is 4.98 Å². The first-order valence-corrected chi connectivity index (χ1v) is 11.6. The minimum Gasteiger partial charge on any atom is -0.495 e. The summed E-state index contributed by atoms with van der Waals surface area (Å²) in [6.07, 6.45) is 9.28. The van der Waals surface area contributed by atoms with Crippen LogP contribution in [0.4, 0.5) is 11.8 Å². The van der Waals surface area contributed by atoms with E-state index in [1.54, 1.807) is 12.4 Å². The van der Waals surface area contributed by atoms with Crippen LogP contribution in [-0.4, -0.2) is 53.9 Å². The lowest BCUT2D eigenvalue weighted by Crippen LogP contribution is -2.29. The Bertz CT molecular complexity index is 1040. The molecule has 9 nitrogen and oxygen atoms in total. The summed E-state index contributed by atoms with van der Waals surface area (Å²) in [5.41, 5.74) is 3.08. The van der Waals surface area contributed by atoms with Gasteiger partial charge in [-0.1, -0.05) is 19.4 Å². The number of aromatic nitrogens is 4. The van der Waals surface area contributed by atoms with Crippen LogP contribution in [0.25, 0.3) is 11.3 Å². The first kappa shape index (κ1) is 22.8. The maximum atomic E-state index is 9.85. The van der Waals surface area contributed by atoms with Crippen molar-refractivity contribution >= 4 is 11.8 Å². The van der Waals surface area contributed by atoms with Crippen LogP contribution in [0.15, 0.2) is 30.6 Å². The van der Waals surface area contributed by atoms with Gasteiger partial charge in [0.05, 0.1) is 17.4 Å². The maximum absolute atomic E-state index is 9.85. The molecule has 9 heteroatoms. The van der Waals surface area contributed by atoms with E-state index in [0.29, 0.717) is 17.9 Å². The summed E-state index contributed by atoms with van der Waals surface area (Å²) >= 11 is 0. The van der Waals surface area contributed by atoms with Gasteiger partial charge in [0.1, 0.15) is 5.82 Å². The molecule has 0 radical (unpaired) electrons. The Kier molecular flexibility index (Phi) is 7.29. The van der Waals surface area contributed by atoms with Gasteiger partial charge < -0.3 is 26.0 Å². The molecule has 1 aliphatic carbocycles. The minimum absolute atomic E-state index is 0.0415. The second-order valence-electron chi connectivity index (χ2n) is 8.64. The molecule has 0 spiro atoms. The zero-order chi connectivity index (χ0) is 23.2. The predicted molar refractivity (Wildman–Crippen MR) is 127 cm³/mol. The zero-order valence-electron chi connectivity index (χ0n) is 18.9. The molecule has 1 aliphatic rings. The van der Waals surface area contributed by atoms with Gasteiger partial charge in [-0.15, -0.1) is 0 Å². The number of aliphatic hydroxyl groups excluding tert-OH is 1. The van der Waals surface area contributed by atoms with Crippen molar-refractivity contribution in [1.82, 2.24) is 19.9 Å². The highest BCUT2D eigenvalue weighted by Gasteiger charge is 2.21. The monoisotopic (exact) mass is 452 g/mol. The van der Waals surface area contributed by atoms with Gasteiger partial charge in [0.15, 0.2) is 11.8 Å². The van der Waals surface area contributed by atoms with E-state index in [4.69, 9.17) is 4.98 Å². The van der Waals surface area contributed by atoms with Crippen LogP contribution < -0.4 is 10.6 Å². The number of aromatic amines is 1. The van der Waals surface area contributed by atoms with E-state index in [1.807, 2.05) is 12.1 Å². The van der Waals surface area contributed by atoms with Crippen LogP contribution in [-0.2, 0) is 6.42 Å². The molecule has 0 unspecified atom stereocenters. The molecule has 3 heterocycles. The molecule has 3 aromatic heterocycles. The number of aliphatic hydroxyl groups is 1. The number of nitrogens with zero attached hydrogens (tertiary/aromatic N) is 3. The summed E-state index contributed by atoms with van der Waals surface area (Å²) in [6.45, 7) is 2.96. The SMILES string of the molecule is CCCCNc1ncc(-c2ccc(Cc3cc(O)[nH]c3O)cn2)c(NC2CCC(O)CC2)n1. The quantitative estimate of drug-likeness (QED) is 0.270. The molecule has 0 aliphatic heterocycles. The van der Waals surface area contributed by atoms with E-state index >= 15 is 0 Å². The highest BCUT2D eigenvalue weighted by atomic mass is 16.3. The molecule has 33 heavy (non-hydrogen) atoms. The number of hydrogen-bond acceptors (Lipinski definition) is 8. The maximum Gasteiger partial charge on any atom is 0.224 e. The van der Waals surface area contributed by atoms with Gasteiger partial charge in [-0.05, 0) is 43.7 Å². The number of anilines is 2. The normalized spacial score (nSPS) is 18.2. The Morgan fingerprint density at radius 1 is 1.09 bits per heavy atom. The summed E-state index contributed by atoms with van der Waals surface area (Å²) in [5, 5.41) is 36.0. The summed E-state index contributed by atoms with van der Waals surface area (Å²) in [4.78, 5) is 16.3. The van der Waals surface area contributed by atoms with Crippen LogP contribution in [0, 0.1) is 0 Å². The molecule has 176 valence electrons. The number of hydrogen-bond donors (Lipinski definition) is 6. The van der Waals surface area contributed by atoms with E-state index in [2.05, 4.69) is 32.5 Å². The highest BCUT2D eigenvalue weighted by molar-refractivity contribution is 5.73. The second kappa shape index (κ2) is 10.5. The largest absolute Gasteiger partial charge is 0.495 e. The fraction of sp³-hybridized carbons (Fsp3) is 0.458. The lowest BCUT2D eigenvalue weighted by molar-refractivity contribution is 0.126. The molecule has 1 saturated carbocycles. The van der Waals surface area contributed by atoms with E-state index in [-0.39, 0.29) is 23.9 Å². The molecule has 0 bridgehead atoms. The van der Waals surface area contributed by atoms with E-state index in [9.17, 15) is 15.3 Å². The number of rotatable bonds is 9. The molecule has 6 N–H and O–H groups in total. The van der Waals surface area contributed by atoms with Crippen LogP contribution in [0.2, 0.25) is 0 Å².